The van der Waals surface area contributed by atoms with Crippen LogP contribution < -0.4 is 16.4 Å². The summed E-state index contributed by atoms with van der Waals surface area (Å²) in [5.41, 5.74) is 3.93. The van der Waals surface area contributed by atoms with Crippen molar-refractivity contribution in [1.82, 2.24) is 20.6 Å². The van der Waals surface area contributed by atoms with E-state index in [1.54, 1.807) is 24.3 Å². The number of benzene rings is 1. The molecule has 2 unspecified atom stereocenters. The first-order valence-corrected chi connectivity index (χ1v) is 10.9. The zero-order valence-corrected chi connectivity index (χ0v) is 17.9. The number of hydrazine groups is 1. The summed E-state index contributed by atoms with van der Waals surface area (Å²) >= 11 is 0. The molecule has 1 aliphatic carbocycles. The Morgan fingerprint density at radius 1 is 1.09 bits per heavy atom. The van der Waals surface area contributed by atoms with Crippen LogP contribution in [0.4, 0.5) is 13.2 Å². The van der Waals surface area contributed by atoms with E-state index in [-0.39, 0.29) is 24.1 Å². The highest BCUT2D eigenvalue weighted by molar-refractivity contribution is 6.05. The molecule has 0 aliphatic heterocycles. The monoisotopic (exact) mass is 452 g/mol. The molecule has 1 aromatic heterocycles. The quantitative estimate of drug-likeness (QED) is 0.516. The van der Waals surface area contributed by atoms with Gasteiger partial charge < -0.3 is 0 Å². The van der Waals surface area contributed by atoms with E-state index in [0.717, 1.165) is 12.8 Å². The normalized spacial score (nSPS) is 19.0. The van der Waals surface area contributed by atoms with E-state index in [2.05, 4.69) is 16.0 Å². The van der Waals surface area contributed by atoms with Crippen LogP contribution in [-0.4, -0.2) is 27.8 Å². The van der Waals surface area contributed by atoms with Gasteiger partial charge in [0, 0.05) is 11.9 Å². The maximum atomic E-state index is 13.3. The van der Waals surface area contributed by atoms with Gasteiger partial charge in [-0.3, -0.25) is 25.2 Å². The number of aromatic nitrogens is 2. The van der Waals surface area contributed by atoms with E-state index < -0.39 is 29.8 Å². The lowest BCUT2D eigenvalue weighted by atomic mass is 9.78. The lowest BCUT2D eigenvalue weighted by Gasteiger charge is -2.31. The predicted octanol–water partition coefficient (Wildman–Crippen LogP) is 3.72. The number of hydrogen-bond donors (Lipinski definition) is 2. The molecule has 2 atom stereocenters. The van der Waals surface area contributed by atoms with Crippen LogP contribution in [0.1, 0.15) is 62.4 Å². The standard InChI is InChI=1S/C22H27F3N4O3/c1-2-3-8-13-29-21(32)15-10-5-4-9-14(15)18(28-29)20(31)27-26-19(30)16-11-6-7-12-17(16)22(23,24)25/h4-5,9-10,16-17H,2-3,6-8,11-13H2,1H3,(H,26,30)(H,27,31). The van der Waals surface area contributed by atoms with Gasteiger partial charge in [-0.25, -0.2) is 4.68 Å². The summed E-state index contributed by atoms with van der Waals surface area (Å²) in [4.78, 5) is 37.9. The minimum Gasteiger partial charge on any atom is -0.273 e. The smallest absolute Gasteiger partial charge is 0.273 e. The van der Waals surface area contributed by atoms with Gasteiger partial charge >= 0.3 is 6.18 Å². The Balaban J connectivity index is 1.80. The first-order chi connectivity index (χ1) is 15.2. The van der Waals surface area contributed by atoms with Crippen molar-refractivity contribution >= 4 is 22.6 Å². The van der Waals surface area contributed by atoms with Crippen LogP contribution in [0.3, 0.4) is 0 Å². The third-order valence-corrected chi connectivity index (χ3v) is 5.88. The zero-order chi connectivity index (χ0) is 23.3. The molecule has 2 aromatic rings. The molecule has 0 radical (unpaired) electrons. The number of halogens is 3. The fourth-order valence-corrected chi connectivity index (χ4v) is 4.17. The number of fused-ring (bicyclic) bond motifs is 1. The minimum absolute atomic E-state index is 0.0759. The predicted molar refractivity (Wildman–Crippen MR) is 113 cm³/mol. The van der Waals surface area contributed by atoms with Gasteiger partial charge in [0.15, 0.2) is 5.69 Å². The molecule has 0 bridgehead atoms. The number of carbonyl (C=O) groups is 2. The molecule has 3 rings (SSSR count). The lowest BCUT2D eigenvalue weighted by Crippen LogP contribution is -2.49. The van der Waals surface area contributed by atoms with Crippen LogP contribution in [-0.2, 0) is 11.3 Å². The molecule has 1 aromatic carbocycles. The second-order valence-corrected chi connectivity index (χ2v) is 8.11. The Morgan fingerprint density at radius 2 is 1.78 bits per heavy atom. The fourth-order valence-electron chi connectivity index (χ4n) is 4.17. The van der Waals surface area contributed by atoms with Gasteiger partial charge in [0.25, 0.3) is 11.5 Å². The Bertz CT molecular complexity index is 1040. The average molecular weight is 452 g/mol. The molecule has 1 fully saturated rings. The topological polar surface area (TPSA) is 93.1 Å². The second-order valence-electron chi connectivity index (χ2n) is 8.11. The van der Waals surface area contributed by atoms with Gasteiger partial charge in [-0.1, -0.05) is 50.8 Å². The summed E-state index contributed by atoms with van der Waals surface area (Å²) in [5, 5.41) is 4.79. The number of nitrogens with one attached hydrogen (secondary N) is 2. The summed E-state index contributed by atoms with van der Waals surface area (Å²) < 4.78 is 41.1. The number of aryl methyl sites for hydroxylation is 1. The summed E-state index contributed by atoms with van der Waals surface area (Å²) in [6.07, 6.45) is -0.997. The fraction of sp³-hybridized carbons (Fsp3) is 0.545. The van der Waals surface area contributed by atoms with E-state index in [4.69, 9.17) is 0 Å². The SMILES string of the molecule is CCCCCn1nc(C(=O)NNC(=O)C2CCCCC2C(F)(F)F)c2ccccc2c1=O. The number of alkyl halides is 3. The van der Waals surface area contributed by atoms with Gasteiger partial charge in [-0.05, 0) is 25.3 Å². The lowest BCUT2D eigenvalue weighted by molar-refractivity contribution is -0.198. The molecule has 0 saturated heterocycles. The molecule has 2 amide bonds. The second kappa shape index (κ2) is 10.1. The summed E-state index contributed by atoms with van der Waals surface area (Å²) in [6.45, 7) is 2.35. The van der Waals surface area contributed by atoms with Crippen LogP contribution in [0.25, 0.3) is 10.8 Å². The van der Waals surface area contributed by atoms with E-state index in [1.807, 2.05) is 6.92 Å². The van der Waals surface area contributed by atoms with Crippen LogP contribution in [0.15, 0.2) is 29.1 Å². The highest BCUT2D eigenvalue weighted by atomic mass is 19.4. The van der Waals surface area contributed by atoms with Crippen molar-refractivity contribution < 1.29 is 22.8 Å². The first kappa shape index (κ1) is 23.7. The average Bonchev–Trinajstić information content (AvgIpc) is 2.78. The summed E-state index contributed by atoms with van der Waals surface area (Å²) in [7, 11) is 0. The number of amides is 2. The van der Waals surface area contributed by atoms with Crippen molar-refractivity contribution in [2.24, 2.45) is 11.8 Å². The molecule has 32 heavy (non-hydrogen) atoms. The summed E-state index contributed by atoms with van der Waals surface area (Å²) in [5.74, 6) is -4.65. The van der Waals surface area contributed by atoms with Gasteiger partial charge in [0.05, 0.1) is 17.2 Å². The van der Waals surface area contributed by atoms with Crippen LogP contribution >= 0.6 is 0 Å². The van der Waals surface area contributed by atoms with Crippen molar-refractivity contribution in [2.75, 3.05) is 0 Å². The molecular weight excluding hydrogens is 425 g/mol. The molecule has 1 saturated carbocycles. The highest BCUT2D eigenvalue weighted by Crippen LogP contribution is 2.41. The molecule has 1 aliphatic rings. The van der Waals surface area contributed by atoms with E-state index in [0.29, 0.717) is 36.6 Å². The molecule has 1 heterocycles. The Morgan fingerprint density at radius 3 is 2.47 bits per heavy atom. The van der Waals surface area contributed by atoms with Crippen LogP contribution in [0.2, 0.25) is 0 Å². The van der Waals surface area contributed by atoms with Crippen molar-refractivity contribution in [2.45, 2.75) is 64.6 Å². The third kappa shape index (κ3) is 5.28. The van der Waals surface area contributed by atoms with Crippen molar-refractivity contribution in [3.63, 3.8) is 0 Å². The van der Waals surface area contributed by atoms with Gasteiger partial charge in [0.1, 0.15) is 0 Å². The molecule has 7 nitrogen and oxygen atoms in total. The zero-order valence-electron chi connectivity index (χ0n) is 17.9. The maximum absolute atomic E-state index is 13.3. The largest absolute Gasteiger partial charge is 0.392 e. The molecule has 174 valence electrons. The first-order valence-electron chi connectivity index (χ1n) is 10.9. The van der Waals surface area contributed by atoms with Crippen molar-refractivity contribution in [1.29, 1.82) is 0 Å². The van der Waals surface area contributed by atoms with Gasteiger partial charge in [0.2, 0.25) is 5.91 Å². The summed E-state index contributed by atoms with van der Waals surface area (Å²) in [6, 6.07) is 6.47. The van der Waals surface area contributed by atoms with E-state index in [1.165, 1.54) is 4.68 Å². The van der Waals surface area contributed by atoms with Crippen molar-refractivity contribution in [3.8, 4) is 0 Å². The van der Waals surface area contributed by atoms with Gasteiger partial charge in [-0.15, -0.1) is 0 Å². The van der Waals surface area contributed by atoms with E-state index in [9.17, 15) is 27.6 Å². The number of hydrogen-bond acceptors (Lipinski definition) is 4. The number of nitrogens with zero attached hydrogens (tertiary/aromatic N) is 2. The van der Waals surface area contributed by atoms with Crippen LogP contribution in [0, 0.1) is 11.8 Å². The maximum Gasteiger partial charge on any atom is 0.392 e. The highest BCUT2D eigenvalue weighted by Gasteiger charge is 2.48. The minimum atomic E-state index is -4.47. The molecular formula is C22H27F3N4O3. The Kier molecular flexibility index (Phi) is 7.52. The molecule has 2 N–H and O–H groups in total. The Labute approximate surface area is 183 Å². The number of carbonyl (C=O) groups excluding carboxylic acids is 2. The third-order valence-electron chi connectivity index (χ3n) is 5.88. The van der Waals surface area contributed by atoms with E-state index >= 15 is 0 Å². The van der Waals surface area contributed by atoms with Gasteiger partial charge in [-0.2, -0.15) is 18.3 Å². The van der Waals surface area contributed by atoms with Crippen molar-refractivity contribution in [3.05, 3.63) is 40.3 Å². The molecule has 10 heteroatoms. The Hall–Kier alpha value is -2.91. The molecule has 0 spiro atoms. The number of unbranched alkanes of at least 4 members (excludes halogenated alkanes) is 2. The van der Waals surface area contributed by atoms with Crippen LogP contribution in [0.5, 0.6) is 0 Å². The number of rotatable bonds is 6.